The van der Waals surface area contributed by atoms with Crippen molar-refractivity contribution in [3.05, 3.63) is 0 Å². The molecule has 0 spiro atoms. The van der Waals surface area contributed by atoms with Gasteiger partial charge in [0.05, 0.1) is 0 Å². The van der Waals surface area contributed by atoms with Crippen LogP contribution in [0.4, 0.5) is 0 Å². The van der Waals surface area contributed by atoms with Crippen molar-refractivity contribution in [2.45, 2.75) is 97.4 Å². The van der Waals surface area contributed by atoms with Crippen molar-refractivity contribution < 1.29 is 21.9 Å². The van der Waals surface area contributed by atoms with Crippen LogP contribution in [0.25, 0.3) is 0 Å². The maximum atomic E-state index is 10.4. The highest BCUT2D eigenvalue weighted by atomic mass is 28.5. The first-order chi connectivity index (χ1) is 11.7. The zero-order chi connectivity index (χ0) is 22.2. The first-order valence-corrected chi connectivity index (χ1v) is 25.4. The van der Waals surface area contributed by atoms with Gasteiger partial charge in [-0.3, -0.25) is 0 Å². The average molecular weight is 473 g/mol. The molecule has 0 heterocycles. The van der Waals surface area contributed by atoms with E-state index in [4.69, 9.17) is 17.1 Å². The standard InChI is InChI=1S/C11H30O4Si3.C6H18OSi2/c1-8-18(7,14-16(3,4)5)15-17(6,12)11-9-10-13-2;1-8(2,3)7-9(4,5)6/h12H,8-11H2,1-7H3;1-6H3. The second kappa shape index (κ2) is 11.9. The summed E-state index contributed by atoms with van der Waals surface area (Å²) in [5, 5.41) is 0. The van der Waals surface area contributed by atoms with Gasteiger partial charge in [0.1, 0.15) is 0 Å². The molecule has 0 aromatic heterocycles. The van der Waals surface area contributed by atoms with Crippen molar-refractivity contribution in [1.29, 1.82) is 0 Å². The Balaban J connectivity index is 0. The van der Waals surface area contributed by atoms with Crippen LogP contribution in [0.5, 0.6) is 0 Å². The summed E-state index contributed by atoms with van der Waals surface area (Å²) < 4.78 is 23.2. The quantitative estimate of drug-likeness (QED) is 0.308. The SMILES string of the molecule is CC[Si](C)(O[Si](C)(C)C)O[Si](C)(O)CCCOC.C[Si](C)(C)O[Si](C)(C)C. The van der Waals surface area contributed by atoms with E-state index >= 15 is 0 Å². The molecule has 0 aliphatic heterocycles. The van der Waals surface area contributed by atoms with Crippen LogP contribution in [0.1, 0.15) is 13.3 Å². The van der Waals surface area contributed by atoms with Crippen LogP contribution in [-0.2, 0) is 17.1 Å². The Morgan fingerprint density at radius 2 is 1.07 bits per heavy atom. The molecular formula is C17H48O5Si5. The molecule has 2 atom stereocenters. The Kier molecular flexibility index (Phi) is 13.3. The molecule has 0 amide bonds. The van der Waals surface area contributed by atoms with Crippen LogP contribution in [0.3, 0.4) is 0 Å². The number of hydrogen-bond donors (Lipinski definition) is 1. The van der Waals surface area contributed by atoms with Crippen LogP contribution in [-0.4, -0.2) is 60.6 Å². The highest BCUT2D eigenvalue weighted by Gasteiger charge is 2.42. The Bertz CT molecular complexity index is 390. The Morgan fingerprint density at radius 1 is 0.667 bits per heavy atom. The summed E-state index contributed by atoms with van der Waals surface area (Å²) in [6.45, 7) is 26.6. The minimum absolute atomic E-state index is 0.672. The van der Waals surface area contributed by atoms with Crippen molar-refractivity contribution in [3.63, 3.8) is 0 Å². The molecule has 1 N–H and O–H groups in total. The molecule has 0 bridgehead atoms. The molecular weight excluding hydrogens is 425 g/mol. The van der Waals surface area contributed by atoms with E-state index in [-0.39, 0.29) is 0 Å². The summed E-state index contributed by atoms with van der Waals surface area (Å²) in [7, 11) is -7.25. The van der Waals surface area contributed by atoms with Gasteiger partial charge in [-0.1, -0.05) is 6.92 Å². The zero-order valence-electron chi connectivity index (χ0n) is 20.4. The van der Waals surface area contributed by atoms with E-state index in [0.29, 0.717) is 12.7 Å². The molecule has 5 nitrogen and oxygen atoms in total. The number of hydrogen-bond acceptors (Lipinski definition) is 5. The Hall–Kier alpha value is 0.884. The van der Waals surface area contributed by atoms with Gasteiger partial charge in [-0.15, -0.1) is 0 Å². The molecule has 0 aromatic carbocycles. The highest BCUT2D eigenvalue weighted by Crippen LogP contribution is 2.25. The fourth-order valence-corrected chi connectivity index (χ4v) is 21.9. The summed E-state index contributed by atoms with van der Waals surface area (Å²) in [4.78, 5) is 10.4. The molecule has 0 saturated heterocycles. The maximum absolute atomic E-state index is 10.4. The van der Waals surface area contributed by atoms with Crippen molar-refractivity contribution in [1.82, 2.24) is 0 Å². The summed E-state index contributed by atoms with van der Waals surface area (Å²) in [6.07, 6.45) is 0.844. The second-order valence-corrected chi connectivity index (χ2v) is 31.4. The predicted octanol–water partition coefficient (Wildman–Crippen LogP) is 5.72. The fraction of sp³-hybridized carbons (Fsp3) is 1.00. The van der Waals surface area contributed by atoms with E-state index < -0.39 is 42.1 Å². The minimum Gasteiger partial charge on any atom is -0.456 e. The monoisotopic (exact) mass is 472 g/mol. The largest absolute Gasteiger partial charge is 0.456 e. The molecule has 166 valence electrons. The van der Waals surface area contributed by atoms with Gasteiger partial charge >= 0.3 is 17.1 Å². The predicted molar refractivity (Wildman–Crippen MR) is 131 cm³/mol. The van der Waals surface area contributed by atoms with Gasteiger partial charge < -0.3 is 21.9 Å². The molecule has 0 aliphatic carbocycles. The molecule has 0 rings (SSSR count). The Labute approximate surface area is 175 Å². The van der Waals surface area contributed by atoms with Crippen molar-refractivity contribution in [3.8, 4) is 0 Å². The third kappa shape index (κ3) is 21.4. The van der Waals surface area contributed by atoms with Crippen LogP contribution in [0.15, 0.2) is 0 Å². The summed E-state index contributed by atoms with van der Waals surface area (Å²) in [6, 6.07) is 1.59. The van der Waals surface area contributed by atoms with Gasteiger partial charge in [0.15, 0.2) is 25.0 Å². The summed E-state index contributed by atoms with van der Waals surface area (Å²) >= 11 is 0. The minimum atomic E-state index is -2.62. The number of methoxy groups -OCH3 is 1. The van der Waals surface area contributed by atoms with E-state index in [1.807, 2.05) is 6.55 Å². The van der Waals surface area contributed by atoms with E-state index in [0.717, 1.165) is 12.5 Å². The molecule has 0 aromatic rings. The van der Waals surface area contributed by atoms with Gasteiger partial charge in [-0.2, -0.15) is 0 Å². The van der Waals surface area contributed by atoms with Crippen LogP contribution < -0.4 is 0 Å². The molecule has 10 heteroatoms. The average Bonchev–Trinajstić information content (AvgIpc) is 2.32. The summed E-state index contributed by atoms with van der Waals surface area (Å²) in [5.74, 6) is 0. The highest BCUT2D eigenvalue weighted by molar-refractivity contribution is 6.86. The first kappa shape index (κ1) is 30.1. The maximum Gasteiger partial charge on any atom is 0.323 e. The molecule has 2 unspecified atom stereocenters. The smallest absolute Gasteiger partial charge is 0.323 e. The normalized spacial score (nSPS) is 17.6. The van der Waals surface area contributed by atoms with Crippen molar-refractivity contribution in [2.75, 3.05) is 13.7 Å². The van der Waals surface area contributed by atoms with E-state index in [2.05, 4.69) is 72.4 Å². The van der Waals surface area contributed by atoms with Gasteiger partial charge in [0.2, 0.25) is 0 Å². The number of rotatable bonds is 11. The third-order valence-corrected chi connectivity index (χ3v) is 18.3. The van der Waals surface area contributed by atoms with Gasteiger partial charge in [0, 0.05) is 13.7 Å². The van der Waals surface area contributed by atoms with Crippen molar-refractivity contribution in [2.24, 2.45) is 0 Å². The molecule has 0 aliphatic rings. The van der Waals surface area contributed by atoms with Crippen LogP contribution in [0, 0.1) is 0 Å². The lowest BCUT2D eigenvalue weighted by molar-refractivity contribution is 0.195. The second-order valence-electron chi connectivity index (χ2n) is 10.4. The summed E-state index contributed by atoms with van der Waals surface area (Å²) in [5.41, 5.74) is 0. The van der Waals surface area contributed by atoms with Crippen LogP contribution >= 0.6 is 0 Å². The molecule has 0 saturated carbocycles. The first-order valence-electron chi connectivity index (χ1n) is 10.1. The lowest BCUT2D eigenvalue weighted by Crippen LogP contribution is -2.54. The van der Waals surface area contributed by atoms with Gasteiger partial charge in [-0.05, 0) is 90.5 Å². The molecule has 0 radical (unpaired) electrons. The van der Waals surface area contributed by atoms with E-state index in [1.165, 1.54) is 0 Å². The lowest BCUT2D eigenvalue weighted by Gasteiger charge is -2.37. The van der Waals surface area contributed by atoms with E-state index in [9.17, 15) is 4.80 Å². The van der Waals surface area contributed by atoms with Gasteiger partial charge in [-0.25, -0.2) is 0 Å². The lowest BCUT2D eigenvalue weighted by atomic mass is 10.5. The van der Waals surface area contributed by atoms with Gasteiger partial charge in [0.25, 0.3) is 0 Å². The molecule has 0 fully saturated rings. The van der Waals surface area contributed by atoms with Crippen LogP contribution in [0.2, 0.25) is 84.1 Å². The fourth-order valence-electron chi connectivity index (χ4n) is 2.79. The number of ether oxygens (including phenoxy) is 1. The van der Waals surface area contributed by atoms with Crippen molar-refractivity contribution >= 4 is 42.1 Å². The Morgan fingerprint density at radius 3 is 1.33 bits per heavy atom. The zero-order valence-corrected chi connectivity index (χ0v) is 25.4. The molecule has 27 heavy (non-hydrogen) atoms. The van der Waals surface area contributed by atoms with E-state index in [1.54, 1.807) is 7.11 Å². The topological polar surface area (TPSA) is 57.2 Å². The third-order valence-electron chi connectivity index (χ3n) is 3.20.